The minimum Gasteiger partial charge on any atom is -0.481 e. The lowest BCUT2D eigenvalue weighted by Gasteiger charge is -2.20. The highest BCUT2D eigenvalue weighted by atomic mass is 127. The largest absolute Gasteiger partial charge is 0.481 e. The second kappa shape index (κ2) is 4.51. The summed E-state index contributed by atoms with van der Waals surface area (Å²) >= 11 is 2.24. The van der Waals surface area contributed by atoms with Crippen molar-refractivity contribution in [3.8, 4) is 0 Å². The van der Waals surface area contributed by atoms with Gasteiger partial charge in [0.2, 0.25) is 0 Å². The molecule has 0 aliphatic carbocycles. The maximum absolute atomic E-state index is 11.0. The fourth-order valence-electron chi connectivity index (χ4n) is 1.38. The number of aryl methyl sites for hydroxylation is 1. The molecule has 0 amide bonds. The zero-order chi connectivity index (χ0) is 11.6. The standard InChI is InChI=1S/C12H15IO2/c1-8-4-5-10(13)6-9(8)7-12(2,3)11(14)15/h4-6H,7H2,1-3H3,(H,14,15). The van der Waals surface area contributed by atoms with E-state index in [9.17, 15) is 4.79 Å². The first-order valence-electron chi connectivity index (χ1n) is 4.81. The van der Waals surface area contributed by atoms with Crippen LogP contribution < -0.4 is 0 Å². The summed E-state index contributed by atoms with van der Waals surface area (Å²) in [4.78, 5) is 11.0. The Bertz CT molecular complexity index is 383. The fourth-order valence-corrected chi connectivity index (χ4v) is 1.94. The van der Waals surface area contributed by atoms with E-state index >= 15 is 0 Å². The summed E-state index contributed by atoms with van der Waals surface area (Å²) in [5, 5.41) is 9.06. The number of rotatable bonds is 3. The molecule has 0 saturated heterocycles. The first-order valence-corrected chi connectivity index (χ1v) is 5.89. The molecule has 2 nitrogen and oxygen atoms in total. The van der Waals surface area contributed by atoms with Gasteiger partial charge in [0.15, 0.2) is 0 Å². The molecule has 1 N–H and O–H groups in total. The van der Waals surface area contributed by atoms with Crippen molar-refractivity contribution in [1.82, 2.24) is 0 Å². The summed E-state index contributed by atoms with van der Waals surface area (Å²) in [6.07, 6.45) is 0.574. The SMILES string of the molecule is Cc1ccc(I)cc1CC(C)(C)C(=O)O. The van der Waals surface area contributed by atoms with E-state index in [0.717, 1.165) is 14.7 Å². The monoisotopic (exact) mass is 318 g/mol. The molecular formula is C12H15IO2. The Kier molecular flexibility index (Phi) is 3.76. The van der Waals surface area contributed by atoms with Crippen molar-refractivity contribution in [3.05, 3.63) is 32.9 Å². The molecule has 0 heterocycles. The van der Waals surface area contributed by atoms with Gasteiger partial charge in [0.05, 0.1) is 5.41 Å². The van der Waals surface area contributed by atoms with Crippen LogP contribution >= 0.6 is 22.6 Å². The zero-order valence-corrected chi connectivity index (χ0v) is 11.3. The van der Waals surface area contributed by atoms with Crippen LogP contribution in [0.1, 0.15) is 25.0 Å². The van der Waals surface area contributed by atoms with E-state index < -0.39 is 11.4 Å². The van der Waals surface area contributed by atoms with Crippen molar-refractivity contribution < 1.29 is 9.90 Å². The maximum Gasteiger partial charge on any atom is 0.309 e. The van der Waals surface area contributed by atoms with E-state index in [1.54, 1.807) is 13.8 Å². The Morgan fingerprint density at radius 2 is 2.07 bits per heavy atom. The molecule has 1 aromatic rings. The summed E-state index contributed by atoms with van der Waals surface area (Å²) in [7, 11) is 0. The number of hydrogen-bond donors (Lipinski definition) is 1. The third-order valence-corrected chi connectivity index (χ3v) is 3.19. The number of carboxylic acids is 1. The van der Waals surface area contributed by atoms with E-state index in [0.29, 0.717) is 6.42 Å². The molecule has 0 aliphatic rings. The molecule has 0 bridgehead atoms. The smallest absolute Gasteiger partial charge is 0.309 e. The fraction of sp³-hybridized carbons (Fsp3) is 0.417. The van der Waals surface area contributed by atoms with E-state index in [4.69, 9.17) is 5.11 Å². The second-order valence-electron chi connectivity index (χ2n) is 4.44. The van der Waals surface area contributed by atoms with Crippen LogP contribution in [0.2, 0.25) is 0 Å². The van der Waals surface area contributed by atoms with E-state index in [2.05, 4.69) is 28.7 Å². The summed E-state index contributed by atoms with van der Waals surface area (Å²) < 4.78 is 1.15. The van der Waals surface area contributed by atoms with Crippen LogP contribution in [0.3, 0.4) is 0 Å². The number of halogens is 1. The quantitative estimate of drug-likeness (QED) is 0.869. The Labute approximate surface area is 104 Å². The van der Waals surface area contributed by atoms with Crippen LogP contribution in [-0.4, -0.2) is 11.1 Å². The van der Waals surface area contributed by atoms with Crippen molar-refractivity contribution in [2.24, 2.45) is 5.41 Å². The molecule has 0 aliphatic heterocycles. The third-order valence-electron chi connectivity index (χ3n) is 2.52. The van der Waals surface area contributed by atoms with E-state index in [1.165, 1.54) is 0 Å². The molecule has 0 fully saturated rings. The molecular weight excluding hydrogens is 303 g/mol. The minimum atomic E-state index is -0.749. The van der Waals surface area contributed by atoms with Gasteiger partial charge in [-0.2, -0.15) is 0 Å². The molecule has 3 heteroatoms. The molecule has 0 radical (unpaired) electrons. The predicted octanol–water partition coefficient (Wildman–Crippen LogP) is 3.25. The molecule has 15 heavy (non-hydrogen) atoms. The van der Waals surface area contributed by atoms with Gasteiger partial charge in [-0.15, -0.1) is 0 Å². The topological polar surface area (TPSA) is 37.3 Å². The van der Waals surface area contributed by atoms with Gasteiger partial charge in [0.25, 0.3) is 0 Å². The third kappa shape index (κ3) is 3.19. The normalized spacial score (nSPS) is 11.5. The second-order valence-corrected chi connectivity index (χ2v) is 5.68. The van der Waals surface area contributed by atoms with Crippen molar-refractivity contribution >= 4 is 28.6 Å². The number of aliphatic carboxylic acids is 1. The van der Waals surface area contributed by atoms with Gasteiger partial charge in [-0.25, -0.2) is 0 Å². The Hall–Kier alpha value is -0.580. The van der Waals surface area contributed by atoms with Crippen LogP contribution in [0.25, 0.3) is 0 Å². The van der Waals surface area contributed by atoms with Gasteiger partial charge >= 0.3 is 5.97 Å². The zero-order valence-electron chi connectivity index (χ0n) is 9.17. The van der Waals surface area contributed by atoms with Gasteiger partial charge < -0.3 is 5.11 Å². The van der Waals surface area contributed by atoms with Crippen LogP contribution in [0.15, 0.2) is 18.2 Å². The van der Waals surface area contributed by atoms with Crippen molar-refractivity contribution in [2.45, 2.75) is 27.2 Å². The molecule has 82 valence electrons. The summed E-state index contributed by atoms with van der Waals surface area (Å²) in [5.41, 5.74) is 1.58. The summed E-state index contributed by atoms with van der Waals surface area (Å²) in [6, 6.07) is 6.13. The lowest BCUT2D eigenvalue weighted by molar-refractivity contribution is -0.146. The lowest BCUT2D eigenvalue weighted by atomic mass is 9.84. The molecule has 0 atom stereocenters. The molecule has 0 unspecified atom stereocenters. The van der Waals surface area contributed by atoms with Crippen LogP contribution in [0.5, 0.6) is 0 Å². The van der Waals surface area contributed by atoms with Gasteiger partial charge in [-0.1, -0.05) is 6.07 Å². The van der Waals surface area contributed by atoms with Crippen molar-refractivity contribution in [3.63, 3.8) is 0 Å². The predicted molar refractivity (Wildman–Crippen MR) is 69.0 cm³/mol. The highest BCUT2D eigenvalue weighted by Crippen LogP contribution is 2.25. The van der Waals surface area contributed by atoms with Gasteiger partial charge in [0.1, 0.15) is 0 Å². The lowest BCUT2D eigenvalue weighted by Crippen LogP contribution is -2.26. The highest BCUT2D eigenvalue weighted by molar-refractivity contribution is 14.1. The number of hydrogen-bond acceptors (Lipinski definition) is 1. The van der Waals surface area contributed by atoms with Crippen LogP contribution in [0.4, 0.5) is 0 Å². The van der Waals surface area contributed by atoms with Gasteiger partial charge in [-0.3, -0.25) is 4.79 Å². The number of carboxylic acid groups (broad SMARTS) is 1. The molecule has 0 saturated carbocycles. The average molecular weight is 318 g/mol. The van der Waals surface area contributed by atoms with E-state index in [1.807, 2.05) is 19.1 Å². The average Bonchev–Trinajstić information content (AvgIpc) is 2.10. The van der Waals surface area contributed by atoms with E-state index in [-0.39, 0.29) is 0 Å². The first kappa shape index (κ1) is 12.5. The number of benzene rings is 1. The Morgan fingerprint density at radius 1 is 1.47 bits per heavy atom. The summed E-state index contributed by atoms with van der Waals surface area (Å²) in [5.74, 6) is -0.749. The minimum absolute atomic E-state index is 0.574. The summed E-state index contributed by atoms with van der Waals surface area (Å²) in [6.45, 7) is 5.53. The van der Waals surface area contributed by atoms with Gasteiger partial charge in [0, 0.05) is 3.57 Å². The Balaban J connectivity index is 2.99. The maximum atomic E-state index is 11.0. The van der Waals surface area contributed by atoms with Gasteiger partial charge in [-0.05, 0) is 73.0 Å². The van der Waals surface area contributed by atoms with Crippen LogP contribution in [-0.2, 0) is 11.2 Å². The first-order chi connectivity index (χ1) is 6.83. The van der Waals surface area contributed by atoms with Crippen LogP contribution in [0, 0.1) is 15.9 Å². The molecule has 0 aromatic heterocycles. The molecule has 1 aromatic carbocycles. The number of carbonyl (C=O) groups is 1. The molecule has 1 rings (SSSR count). The van der Waals surface area contributed by atoms with Crippen molar-refractivity contribution in [2.75, 3.05) is 0 Å². The highest BCUT2D eigenvalue weighted by Gasteiger charge is 2.27. The Morgan fingerprint density at radius 3 is 2.60 bits per heavy atom. The van der Waals surface area contributed by atoms with Crippen molar-refractivity contribution in [1.29, 1.82) is 0 Å². The molecule has 0 spiro atoms.